The molecule has 0 aliphatic carbocycles. The van der Waals surface area contributed by atoms with E-state index in [9.17, 15) is 0 Å². The molecule has 0 bridgehead atoms. The summed E-state index contributed by atoms with van der Waals surface area (Å²) < 4.78 is 1.77. The lowest BCUT2D eigenvalue weighted by atomic mass is 10.4. The maximum Gasteiger partial charge on any atom is 0.249 e. The van der Waals surface area contributed by atoms with Gasteiger partial charge in [0.15, 0.2) is 5.69 Å². The van der Waals surface area contributed by atoms with E-state index in [4.69, 9.17) is 11.5 Å². The minimum atomic E-state index is 0.354. The summed E-state index contributed by atoms with van der Waals surface area (Å²) in [6.45, 7) is 0. The van der Waals surface area contributed by atoms with Crippen molar-refractivity contribution in [2.45, 2.75) is 0 Å². The highest BCUT2D eigenvalue weighted by Crippen LogP contribution is 2.16. The fraction of sp³-hybridized carbons (Fsp3) is 0.333. The lowest BCUT2D eigenvalue weighted by molar-refractivity contribution is -0.659. The molecule has 1 rings (SSSR count). The lowest BCUT2D eigenvalue weighted by Gasteiger charge is -2.03. The summed E-state index contributed by atoms with van der Waals surface area (Å²) in [4.78, 5) is 3.86. The predicted molar refractivity (Wildman–Crippen MR) is 43.8 cm³/mol. The molecule has 0 fully saturated rings. The Balaban J connectivity index is 3.29. The van der Waals surface area contributed by atoms with Crippen molar-refractivity contribution in [1.82, 2.24) is 4.98 Å². The van der Waals surface area contributed by atoms with Gasteiger partial charge < -0.3 is 16.8 Å². The Kier molecular flexibility index (Phi) is 1.80. The number of nitrogens with zero attached hydrogens (tertiary/aromatic N) is 2. The SMILES string of the molecule is CNc1c(N)c(N)nc[n+]1C. The van der Waals surface area contributed by atoms with Gasteiger partial charge in [-0.2, -0.15) is 0 Å². The highest BCUT2D eigenvalue weighted by atomic mass is 15.1. The fourth-order valence-corrected chi connectivity index (χ4v) is 0.898. The average molecular weight is 154 g/mol. The second-order valence-corrected chi connectivity index (χ2v) is 2.25. The van der Waals surface area contributed by atoms with Crippen LogP contribution in [0.25, 0.3) is 0 Å². The monoisotopic (exact) mass is 154 g/mol. The van der Waals surface area contributed by atoms with Crippen molar-refractivity contribution < 1.29 is 4.57 Å². The molecule has 5 heteroatoms. The maximum absolute atomic E-state index is 5.62. The van der Waals surface area contributed by atoms with Gasteiger partial charge in [-0.3, -0.25) is 0 Å². The van der Waals surface area contributed by atoms with Crippen LogP contribution in [-0.4, -0.2) is 12.0 Å². The first-order valence-electron chi connectivity index (χ1n) is 3.24. The molecular formula is C6H12N5+. The van der Waals surface area contributed by atoms with Crippen LogP contribution in [0.4, 0.5) is 17.3 Å². The lowest BCUT2D eigenvalue weighted by Crippen LogP contribution is -2.33. The number of nitrogen functional groups attached to an aromatic ring is 2. The maximum atomic E-state index is 5.62. The van der Waals surface area contributed by atoms with Gasteiger partial charge in [-0.25, -0.2) is 4.57 Å². The molecule has 0 saturated heterocycles. The molecule has 5 nitrogen and oxygen atoms in total. The van der Waals surface area contributed by atoms with E-state index in [1.165, 1.54) is 0 Å². The van der Waals surface area contributed by atoms with Crippen molar-refractivity contribution in [2.24, 2.45) is 7.05 Å². The van der Waals surface area contributed by atoms with E-state index in [1.54, 1.807) is 17.9 Å². The summed E-state index contributed by atoms with van der Waals surface area (Å²) >= 11 is 0. The van der Waals surface area contributed by atoms with Crippen molar-refractivity contribution in [3.05, 3.63) is 6.33 Å². The Morgan fingerprint density at radius 2 is 2.18 bits per heavy atom. The minimum absolute atomic E-state index is 0.354. The number of nitrogens with two attached hydrogens (primary N) is 2. The highest BCUT2D eigenvalue weighted by molar-refractivity contribution is 5.69. The van der Waals surface area contributed by atoms with E-state index in [-0.39, 0.29) is 0 Å². The number of hydrogen-bond donors (Lipinski definition) is 3. The Morgan fingerprint density at radius 1 is 1.55 bits per heavy atom. The number of anilines is 3. The molecule has 0 radical (unpaired) electrons. The van der Waals surface area contributed by atoms with E-state index < -0.39 is 0 Å². The summed E-state index contributed by atoms with van der Waals surface area (Å²) in [5.41, 5.74) is 11.6. The molecule has 60 valence electrons. The molecule has 1 aromatic rings. The van der Waals surface area contributed by atoms with Crippen LogP contribution in [0.15, 0.2) is 6.33 Å². The van der Waals surface area contributed by atoms with E-state index >= 15 is 0 Å². The smallest absolute Gasteiger partial charge is 0.249 e. The molecule has 0 aliphatic rings. The first kappa shape index (κ1) is 7.59. The Morgan fingerprint density at radius 3 is 2.64 bits per heavy atom. The van der Waals surface area contributed by atoms with Gasteiger partial charge in [-0.1, -0.05) is 4.98 Å². The van der Waals surface area contributed by atoms with Crippen LogP contribution in [-0.2, 0) is 7.05 Å². The normalized spacial score (nSPS) is 9.64. The third kappa shape index (κ3) is 1.17. The zero-order valence-corrected chi connectivity index (χ0v) is 6.63. The molecule has 0 amide bonds. The first-order valence-corrected chi connectivity index (χ1v) is 3.24. The standard InChI is InChI=1S/C6H11N5/c1-9-6-4(7)5(8)10-3-11(6)2/h3H,7H2,1-2H3,(H2,8,9)/p+1. The molecule has 5 N–H and O–H groups in total. The van der Waals surface area contributed by atoms with Crippen LogP contribution in [0.2, 0.25) is 0 Å². The van der Waals surface area contributed by atoms with Crippen LogP contribution in [0.3, 0.4) is 0 Å². The summed E-state index contributed by atoms with van der Waals surface area (Å²) in [7, 11) is 3.62. The minimum Gasteiger partial charge on any atom is -0.389 e. The number of nitrogens with one attached hydrogen (secondary N) is 1. The highest BCUT2D eigenvalue weighted by Gasteiger charge is 2.11. The van der Waals surface area contributed by atoms with Crippen LogP contribution in [0, 0.1) is 0 Å². The van der Waals surface area contributed by atoms with Crippen molar-refractivity contribution in [2.75, 3.05) is 23.8 Å². The molecule has 0 atom stereocenters. The third-order valence-electron chi connectivity index (χ3n) is 1.49. The van der Waals surface area contributed by atoms with Crippen LogP contribution >= 0.6 is 0 Å². The Bertz CT molecular complexity index is 270. The summed E-state index contributed by atoms with van der Waals surface area (Å²) in [5.74, 6) is 1.13. The van der Waals surface area contributed by atoms with E-state index in [0.717, 1.165) is 5.82 Å². The largest absolute Gasteiger partial charge is 0.389 e. The second kappa shape index (κ2) is 2.61. The predicted octanol–water partition coefficient (Wildman–Crippen LogP) is -0.888. The zero-order valence-electron chi connectivity index (χ0n) is 6.63. The molecule has 1 aromatic heterocycles. The third-order valence-corrected chi connectivity index (χ3v) is 1.49. The van der Waals surface area contributed by atoms with E-state index in [1.807, 2.05) is 7.05 Å². The van der Waals surface area contributed by atoms with E-state index in [2.05, 4.69) is 10.3 Å². The van der Waals surface area contributed by atoms with Gasteiger partial charge >= 0.3 is 0 Å². The summed E-state index contributed by atoms with van der Waals surface area (Å²) in [5, 5.41) is 2.92. The Hall–Kier alpha value is -1.52. The van der Waals surface area contributed by atoms with Gasteiger partial charge in [0.2, 0.25) is 18.0 Å². The van der Waals surface area contributed by atoms with Crippen LogP contribution in [0.1, 0.15) is 0 Å². The molecule has 1 heterocycles. The second-order valence-electron chi connectivity index (χ2n) is 2.25. The van der Waals surface area contributed by atoms with Gasteiger partial charge in [0, 0.05) is 7.05 Å². The molecule has 0 saturated carbocycles. The molecular weight excluding hydrogens is 142 g/mol. The van der Waals surface area contributed by atoms with Crippen molar-refractivity contribution >= 4 is 17.3 Å². The average Bonchev–Trinajstić information content (AvgIpc) is 1.99. The van der Waals surface area contributed by atoms with Crippen molar-refractivity contribution in [3.63, 3.8) is 0 Å². The van der Waals surface area contributed by atoms with Gasteiger partial charge in [0.1, 0.15) is 0 Å². The first-order chi connectivity index (χ1) is 5.16. The summed E-state index contributed by atoms with van der Waals surface area (Å²) in [6, 6.07) is 0. The number of aromatic nitrogens is 2. The molecule has 0 spiro atoms. The van der Waals surface area contributed by atoms with Gasteiger partial charge in [-0.05, 0) is 0 Å². The molecule has 0 aromatic carbocycles. The van der Waals surface area contributed by atoms with Gasteiger partial charge in [-0.15, -0.1) is 0 Å². The van der Waals surface area contributed by atoms with Crippen molar-refractivity contribution in [3.8, 4) is 0 Å². The van der Waals surface area contributed by atoms with Gasteiger partial charge in [0.25, 0.3) is 0 Å². The van der Waals surface area contributed by atoms with Gasteiger partial charge in [0.05, 0.1) is 7.05 Å². The Labute approximate surface area is 65.0 Å². The molecule has 11 heavy (non-hydrogen) atoms. The zero-order chi connectivity index (χ0) is 8.43. The summed E-state index contributed by atoms with van der Waals surface area (Å²) in [6.07, 6.45) is 1.61. The molecule has 0 unspecified atom stereocenters. The van der Waals surface area contributed by atoms with Crippen LogP contribution in [0.5, 0.6) is 0 Å². The van der Waals surface area contributed by atoms with Crippen LogP contribution < -0.4 is 21.4 Å². The molecule has 0 aliphatic heterocycles. The fourth-order valence-electron chi connectivity index (χ4n) is 0.898. The number of aryl methyl sites for hydroxylation is 1. The quantitative estimate of drug-likeness (QED) is 0.458. The van der Waals surface area contributed by atoms with Crippen molar-refractivity contribution in [1.29, 1.82) is 0 Å². The topological polar surface area (TPSA) is 80.8 Å². The number of hydrogen-bond acceptors (Lipinski definition) is 4. The number of rotatable bonds is 1. The van der Waals surface area contributed by atoms with E-state index in [0.29, 0.717) is 11.5 Å².